The maximum absolute atomic E-state index is 5.00. The molecule has 0 saturated heterocycles. The molecule has 276 valence electrons. The van der Waals surface area contributed by atoms with Crippen LogP contribution in [0, 0.1) is 0 Å². The summed E-state index contributed by atoms with van der Waals surface area (Å²) in [6.45, 7) is 21.9. The van der Waals surface area contributed by atoms with E-state index >= 15 is 0 Å². The van der Waals surface area contributed by atoms with Crippen LogP contribution in [0.2, 0.25) is 0 Å². The van der Waals surface area contributed by atoms with E-state index in [0.29, 0.717) is 23.7 Å². The van der Waals surface area contributed by atoms with Crippen LogP contribution in [0.15, 0.2) is 121 Å². The number of benzene rings is 4. The minimum Gasteiger partial charge on any atom is -0.661 e. The Morgan fingerprint density at radius 2 is 0.755 bits per heavy atom. The molecular formula is C48H54N4Ni. The number of allylic oxidation sites excluding steroid dienone is 2. The van der Waals surface area contributed by atoms with Gasteiger partial charge in [0.15, 0.2) is 0 Å². The molecule has 4 aromatic carbocycles. The van der Waals surface area contributed by atoms with Gasteiger partial charge in [0, 0.05) is 10.8 Å². The Hall–Kier alpha value is -4.73. The van der Waals surface area contributed by atoms with Crippen LogP contribution in [0.4, 0.5) is 11.4 Å². The standard InChI is InChI=1S/2C24H27N2.Ni/c2*1-16(2)21-10-8-11-22(17(3)4)24(21)25-18(5)15-20-14-13-19-9-6-7-12-23(19)26-20;/h2*6-17H,1-5H3;/q2*-1;+2/b2*18-15-;. The van der Waals surface area contributed by atoms with Crippen molar-refractivity contribution in [1.29, 1.82) is 0 Å². The van der Waals surface area contributed by atoms with Gasteiger partial charge in [-0.3, -0.25) is 0 Å². The van der Waals surface area contributed by atoms with Gasteiger partial charge in [0.2, 0.25) is 0 Å². The summed E-state index contributed by atoms with van der Waals surface area (Å²) in [5.74, 6) is 1.77. The largest absolute Gasteiger partial charge is 2.00 e. The summed E-state index contributed by atoms with van der Waals surface area (Å²) in [7, 11) is 0. The zero-order valence-corrected chi connectivity index (χ0v) is 33.9. The molecule has 6 aromatic rings. The molecule has 0 unspecified atom stereocenters. The van der Waals surface area contributed by atoms with Crippen LogP contribution in [0.3, 0.4) is 0 Å². The molecular weight excluding hydrogens is 691 g/mol. The molecule has 0 bridgehead atoms. The first-order valence-corrected chi connectivity index (χ1v) is 18.7. The Morgan fingerprint density at radius 3 is 1.08 bits per heavy atom. The number of nitrogens with zero attached hydrogens (tertiary/aromatic N) is 4. The predicted octanol–water partition coefficient (Wildman–Crippen LogP) is 15.1. The van der Waals surface area contributed by atoms with Gasteiger partial charge in [0.05, 0.1) is 22.4 Å². The number of aromatic nitrogens is 2. The summed E-state index contributed by atoms with van der Waals surface area (Å²) < 4.78 is 0. The van der Waals surface area contributed by atoms with E-state index < -0.39 is 0 Å². The molecule has 2 aromatic heterocycles. The van der Waals surface area contributed by atoms with Crippen LogP contribution < -0.4 is 0 Å². The molecule has 0 saturated carbocycles. The molecule has 0 aliphatic heterocycles. The summed E-state index contributed by atoms with van der Waals surface area (Å²) in [6, 6.07) is 37.8. The molecule has 0 radical (unpaired) electrons. The summed E-state index contributed by atoms with van der Waals surface area (Å²) >= 11 is 0. The zero-order valence-electron chi connectivity index (χ0n) is 33.0. The van der Waals surface area contributed by atoms with Gasteiger partial charge in [-0.1, -0.05) is 189 Å². The topological polar surface area (TPSA) is 54.0 Å². The van der Waals surface area contributed by atoms with E-state index in [0.717, 1.165) is 56.0 Å². The number of hydrogen-bond donors (Lipinski definition) is 0. The number of hydrogen-bond acceptors (Lipinski definition) is 2. The number of para-hydroxylation sites is 4. The summed E-state index contributed by atoms with van der Waals surface area (Å²) in [4.78, 5) is 9.47. The first-order chi connectivity index (χ1) is 24.9. The van der Waals surface area contributed by atoms with Crippen molar-refractivity contribution >= 4 is 45.3 Å². The molecule has 0 N–H and O–H groups in total. The SMILES string of the molecule is C/C(=C/c1ccc2ccccc2n1)[N-]c1c(C(C)C)cccc1C(C)C.C/C(=C/c1ccc2ccccc2n1)[N-]c1c(C(C)C)cccc1C(C)C.[Ni+2]. The second kappa shape index (κ2) is 18.9. The van der Waals surface area contributed by atoms with Gasteiger partial charge in [-0.05, 0) is 47.9 Å². The first-order valence-electron chi connectivity index (χ1n) is 18.7. The van der Waals surface area contributed by atoms with Crippen molar-refractivity contribution in [3.63, 3.8) is 0 Å². The van der Waals surface area contributed by atoms with E-state index in [4.69, 9.17) is 20.6 Å². The average Bonchev–Trinajstić information content (AvgIpc) is 3.11. The maximum atomic E-state index is 5.00. The van der Waals surface area contributed by atoms with Gasteiger partial charge < -0.3 is 10.6 Å². The fraction of sp³-hybridized carbons (Fsp3) is 0.292. The minimum absolute atomic E-state index is 0. The zero-order chi connectivity index (χ0) is 37.4. The fourth-order valence-corrected chi connectivity index (χ4v) is 6.45. The van der Waals surface area contributed by atoms with Gasteiger partial charge in [-0.2, -0.15) is 11.4 Å². The quantitative estimate of drug-likeness (QED) is 0.131. The molecule has 5 heteroatoms. The van der Waals surface area contributed by atoms with Crippen LogP contribution >= 0.6 is 0 Å². The Bertz CT molecular complexity index is 1980. The Labute approximate surface area is 328 Å². The normalized spacial score (nSPS) is 12.0. The van der Waals surface area contributed by atoms with Crippen LogP contribution in [0.1, 0.15) is 127 Å². The Balaban J connectivity index is 0.000000232. The summed E-state index contributed by atoms with van der Waals surface area (Å²) in [6.07, 6.45) is 4.13. The Morgan fingerprint density at radius 1 is 0.434 bits per heavy atom. The molecule has 2 heterocycles. The van der Waals surface area contributed by atoms with Gasteiger partial charge in [-0.15, -0.1) is 11.4 Å². The molecule has 0 aliphatic rings. The van der Waals surface area contributed by atoms with Crippen molar-refractivity contribution in [3.8, 4) is 0 Å². The van der Waals surface area contributed by atoms with Crippen molar-refractivity contribution in [2.75, 3.05) is 0 Å². The first kappa shape index (κ1) is 41.0. The second-order valence-corrected chi connectivity index (χ2v) is 14.8. The van der Waals surface area contributed by atoms with Crippen molar-refractivity contribution in [2.24, 2.45) is 0 Å². The molecule has 0 amide bonds. The molecule has 0 atom stereocenters. The van der Waals surface area contributed by atoms with Crippen molar-refractivity contribution < 1.29 is 16.5 Å². The second-order valence-electron chi connectivity index (χ2n) is 14.8. The van der Waals surface area contributed by atoms with E-state index in [1.807, 2.05) is 36.4 Å². The van der Waals surface area contributed by atoms with Gasteiger partial charge in [0.1, 0.15) is 0 Å². The van der Waals surface area contributed by atoms with Crippen LogP contribution in [-0.2, 0) is 16.5 Å². The van der Waals surface area contributed by atoms with Crippen molar-refractivity contribution in [3.05, 3.63) is 165 Å². The number of pyridine rings is 2. The third-order valence-electron chi connectivity index (χ3n) is 9.21. The average molecular weight is 746 g/mol. The van der Waals surface area contributed by atoms with Crippen LogP contribution in [0.25, 0.3) is 44.6 Å². The van der Waals surface area contributed by atoms with Gasteiger partial charge in [0.25, 0.3) is 0 Å². The van der Waals surface area contributed by atoms with Crippen LogP contribution in [-0.4, -0.2) is 9.97 Å². The molecule has 6 rings (SSSR count). The van der Waals surface area contributed by atoms with Gasteiger partial charge >= 0.3 is 16.5 Å². The summed E-state index contributed by atoms with van der Waals surface area (Å²) in [5, 5.41) is 12.3. The fourth-order valence-electron chi connectivity index (χ4n) is 6.45. The smallest absolute Gasteiger partial charge is 0.661 e. The van der Waals surface area contributed by atoms with E-state index in [2.05, 4.69) is 154 Å². The van der Waals surface area contributed by atoms with Crippen molar-refractivity contribution in [1.82, 2.24) is 9.97 Å². The van der Waals surface area contributed by atoms with E-state index in [9.17, 15) is 0 Å². The van der Waals surface area contributed by atoms with E-state index in [-0.39, 0.29) is 16.5 Å². The molecule has 0 aliphatic carbocycles. The minimum atomic E-state index is 0. The molecule has 0 fully saturated rings. The van der Waals surface area contributed by atoms with E-state index in [1.54, 1.807) is 0 Å². The molecule has 0 spiro atoms. The summed E-state index contributed by atoms with van der Waals surface area (Å²) in [5.41, 5.74) is 13.3. The van der Waals surface area contributed by atoms with Crippen LogP contribution in [0.5, 0.6) is 0 Å². The maximum Gasteiger partial charge on any atom is 2.00 e. The Kier molecular flexibility index (Phi) is 14.6. The van der Waals surface area contributed by atoms with E-state index in [1.165, 1.54) is 22.3 Å². The number of rotatable bonds is 10. The predicted molar refractivity (Wildman–Crippen MR) is 226 cm³/mol. The van der Waals surface area contributed by atoms with Gasteiger partial charge in [-0.25, -0.2) is 9.97 Å². The molecule has 4 nitrogen and oxygen atoms in total. The monoisotopic (exact) mass is 744 g/mol. The third kappa shape index (κ3) is 10.7. The number of fused-ring (bicyclic) bond motifs is 2. The third-order valence-corrected chi connectivity index (χ3v) is 9.21. The molecule has 53 heavy (non-hydrogen) atoms. The van der Waals surface area contributed by atoms with Crippen molar-refractivity contribution in [2.45, 2.75) is 92.9 Å².